The molecule has 0 saturated carbocycles. The van der Waals surface area contributed by atoms with Gasteiger partial charge in [0.2, 0.25) is 0 Å². The van der Waals surface area contributed by atoms with E-state index >= 15 is 0 Å². The SMILES string of the molecule is CCn1nccc1[C@@H]1OCC[C@H]1CNCc1cc(Cl)ccc1F. The second-order valence-electron chi connectivity index (χ2n) is 5.78. The second kappa shape index (κ2) is 7.43. The van der Waals surface area contributed by atoms with Gasteiger partial charge in [-0.15, -0.1) is 0 Å². The number of rotatable bonds is 6. The summed E-state index contributed by atoms with van der Waals surface area (Å²) in [5, 5.41) is 8.20. The van der Waals surface area contributed by atoms with Gasteiger partial charge in [-0.2, -0.15) is 5.10 Å². The van der Waals surface area contributed by atoms with E-state index in [-0.39, 0.29) is 11.9 Å². The van der Waals surface area contributed by atoms with Crippen LogP contribution in [-0.2, 0) is 17.8 Å². The zero-order valence-electron chi connectivity index (χ0n) is 13.1. The van der Waals surface area contributed by atoms with Crippen LogP contribution in [0.2, 0.25) is 5.02 Å². The fourth-order valence-electron chi connectivity index (χ4n) is 3.09. The smallest absolute Gasteiger partial charge is 0.127 e. The minimum Gasteiger partial charge on any atom is -0.372 e. The van der Waals surface area contributed by atoms with Crippen LogP contribution < -0.4 is 5.32 Å². The van der Waals surface area contributed by atoms with E-state index < -0.39 is 0 Å². The Labute approximate surface area is 140 Å². The molecule has 0 aliphatic carbocycles. The average molecular weight is 338 g/mol. The van der Waals surface area contributed by atoms with Gasteiger partial charge in [-0.1, -0.05) is 11.6 Å². The molecule has 6 heteroatoms. The van der Waals surface area contributed by atoms with E-state index in [1.165, 1.54) is 6.07 Å². The zero-order chi connectivity index (χ0) is 16.2. The minimum absolute atomic E-state index is 0.0501. The number of hydrogen-bond donors (Lipinski definition) is 1. The molecule has 2 heterocycles. The summed E-state index contributed by atoms with van der Waals surface area (Å²) in [7, 11) is 0. The van der Waals surface area contributed by atoms with E-state index in [2.05, 4.69) is 17.3 Å². The van der Waals surface area contributed by atoms with Crippen LogP contribution in [0.4, 0.5) is 4.39 Å². The molecule has 2 atom stereocenters. The Morgan fingerprint density at radius 2 is 2.30 bits per heavy atom. The summed E-state index contributed by atoms with van der Waals surface area (Å²) < 4.78 is 21.6. The molecule has 1 aromatic carbocycles. The van der Waals surface area contributed by atoms with Crippen molar-refractivity contribution in [3.8, 4) is 0 Å². The van der Waals surface area contributed by atoms with Crippen LogP contribution in [0.15, 0.2) is 30.5 Å². The van der Waals surface area contributed by atoms with Crippen LogP contribution in [0.1, 0.15) is 30.7 Å². The Hall–Kier alpha value is -1.43. The first-order valence-corrected chi connectivity index (χ1v) is 8.34. The van der Waals surface area contributed by atoms with Crippen molar-refractivity contribution < 1.29 is 9.13 Å². The maximum absolute atomic E-state index is 13.7. The number of nitrogens with zero attached hydrogens (tertiary/aromatic N) is 2. The van der Waals surface area contributed by atoms with Crippen LogP contribution >= 0.6 is 11.6 Å². The third-order valence-corrected chi connectivity index (χ3v) is 4.52. The normalized spacial score (nSPS) is 21.0. The maximum Gasteiger partial charge on any atom is 0.127 e. The molecule has 1 aliphatic heterocycles. The molecule has 4 nitrogen and oxygen atoms in total. The molecule has 1 aromatic heterocycles. The number of ether oxygens (including phenoxy) is 1. The molecular formula is C17H21ClFN3O. The van der Waals surface area contributed by atoms with Crippen molar-refractivity contribution in [3.63, 3.8) is 0 Å². The monoisotopic (exact) mass is 337 g/mol. The molecule has 23 heavy (non-hydrogen) atoms. The number of hydrogen-bond acceptors (Lipinski definition) is 3. The number of halogens is 2. The maximum atomic E-state index is 13.7. The molecule has 0 spiro atoms. The average Bonchev–Trinajstić information content (AvgIpc) is 3.18. The van der Waals surface area contributed by atoms with Gasteiger partial charge in [-0.05, 0) is 37.6 Å². The standard InChI is InChI=1S/C17H21ClFN3O/c1-2-22-16(5-7-21-22)17-12(6-8-23-17)10-20-11-13-9-14(18)3-4-15(13)19/h3-5,7,9,12,17,20H,2,6,8,10-11H2,1H3/t12-,17+/m0/s1. The number of nitrogens with one attached hydrogen (secondary N) is 1. The van der Waals surface area contributed by atoms with Gasteiger partial charge in [0.05, 0.1) is 5.69 Å². The first-order chi connectivity index (χ1) is 11.2. The highest BCUT2D eigenvalue weighted by Gasteiger charge is 2.31. The highest BCUT2D eigenvalue weighted by atomic mass is 35.5. The van der Waals surface area contributed by atoms with Gasteiger partial charge in [0.15, 0.2) is 0 Å². The molecule has 0 bridgehead atoms. The Bertz CT molecular complexity index is 661. The first kappa shape index (κ1) is 16.4. The van der Waals surface area contributed by atoms with Crippen LogP contribution in [0.5, 0.6) is 0 Å². The second-order valence-corrected chi connectivity index (χ2v) is 6.22. The molecular weight excluding hydrogens is 317 g/mol. The van der Waals surface area contributed by atoms with Gasteiger partial charge >= 0.3 is 0 Å². The number of aryl methyl sites for hydroxylation is 1. The van der Waals surface area contributed by atoms with Crippen LogP contribution in [0, 0.1) is 11.7 Å². The lowest BCUT2D eigenvalue weighted by atomic mass is 9.98. The van der Waals surface area contributed by atoms with E-state index in [1.807, 2.05) is 16.9 Å². The topological polar surface area (TPSA) is 39.1 Å². The molecule has 2 aromatic rings. The van der Waals surface area contributed by atoms with Crippen LogP contribution in [-0.4, -0.2) is 22.9 Å². The quantitative estimate of drug-likeness (QED) is 0.876. The summed E-state index contributed by atoms with van der Waals surface area (Å²) in [5.41, 5.74) is 1.71. The highest BCUT2D eigenvalue weighted by molar-refractivity contribution is 6.30. The molecule has 1 N–H and O–H groups in total. The van der Waals surface area contributed by atoms with Crippen molar-refractivity contribution in [2.75, 3.05) is 13.2 Å². The van der Waals surface area contributed by atoms with Gasteiger partial charge in [-0.3, -0.25) is 4.68 Å². The lowest BCUT2D eigenvalue weighted by Crippen LogP contribution is -2.26. The lowest BCUT2D eigenvalue weighted by Gasteiger charge is -2.20. The largest absolute Gasteiger partial charge is 0.372 e. The van der Waals surface area contributed by atoms with E-state index in [1.54, 1.807) is 12.1 Å². The van der Waals surface area contributed by atoms with Gasteiger partial charge in [0.25, 0.3) is 0 Å². The van der Waals surface area contributed by atoms with Crippen LogP contribution in [0.3, 0.4) is 0 Å². The van der Waals surface area contributed by atoms with E-state index in [9.17, 15) is 4.39 Å². The van der Waals surface area contributed by atoms with E-state index in [0.717, 1.165) is 31.8 Å². The molecule has 124 valence electrons. The van der Waals surface area contributed by atoms with Crippen molar-refractivity contribution in [2.24, 2.45) is 5.92 Å². The Morgan fingerprint density at radius 3 is 3.13 bits per heavy atom. The zero-order valence-corrected chi connectivity index (χ0v) is 13.9. The molecule has 0 radical (unpaired) electrons. The third kappa shape index (κ3) is 3.74. The van der Waals surface area contributed by atoms with Gasteiger partial charge < -0.3 is 10.1 Å². The summed E-state index contributed by atoms with van der Waals surface area (Å²) >= 11 is 5.92. The summed E-state index contributed by atoms with van der Waals surface area (Å²) in [6.07, 6.45) is 2.85. The summed E-state index contributed by atoms with van der Waals surface area (Å²) in [4.78, 5) is 0. The van der Waals surface area contributed by atoms with Crippen molar-refractivity contribution >= 4 is 11.6 Å². The Kier molecular flexibility index (Phi) is 5.30. The minimum atomic E-state index is -0.231. The van der Waals surface area contributed by atoms with Gasteiger partial charge in [0.1, 0.15) is 11.9 Å². The van der Waals surface area contributed by atoms with E-state index in [4.69, 9.17) is 16.3 Å². The number of benzene rings is 1. The van der Waals surface area contributed by atoms with Gasteiger partial charge in [0, 0.05) is 48.9 Å². The Morgan fingerprint density at radius 1 is 1.43 bits per heavy atom. The van der Waals surface area contributed by atoms with Crippen LogP contribution in [0.25, 0.3) is 0 Å². The molecule has 3 rings (SSSR count). The van der Waals surface area contributed by atoms with Crippen molar-refractivity contribution in [2.45, 2.75) is 32.5 Å². The summed E-state index contributed by atoms with van der Waals surface area (Å²) in [5.74, 6) is 0.129. The van der Waals surface area contributed by atoms with Crippen molar-refractivity contribution in [1.29, 1.82) is 0 Å². The molecule has 0 amide bonds. The predicted octanol–water partition coefficient (Wildman–Crippen LogP) is 3.56. The summed E-state index contributed by atoms with van der Waals surface area (Å²) in [6, 6.07) is 6.65. The van der Waals surface area contributed by atoms with Crippen molar-refractivity contribution in [3.05, 3.63) is 52.6 Å². The summed E-state index contributed by atoms with van der Waals surface area (Å²) in [6.45, 7) is 4.88. The predicted molar refractivity (Wildman–Crippen MR) is 87.8 cm³/mol. The highest BCUT2D eigenvalue weighted by Crippen LogP contribution is 2.34. The third-order valence-electron chi connectivity index (χ3n) is 4.28. The fourth-order valence-corrected chi connectivity index (χ4v) is 3.28. The lowest BCUT2D eigenvalue weighted by molar-refractivity contribution is 0.0830. The molecule has 1 fully saturated rings. The fraction of sp³-hybridized carbons (Fsp3) is 0.471. The van der Waals surface area contributed by atoms with E-state index in [0.29, 0.717) is 23.0 Å². The van der Waals surface area contributed by atoms with Gasteiger partial charge in [-0.25, -0.2) is 4.39 Å². The Balaban J connectivity index is 1.60. The molecule has 0 unspecified atom stereocenters. The molecule has 1 aliphatic rings. The molecule has 1 saturated heterocycles. The van der Waals surface area contributed by atoms with Crippen molar-refractivity contribution in [1.82, 2.24) is 15.1 Å². The first-order valence-electron chi connectivity index (χ1n) is 7.97. The number of aromatic nitrogens is 2.